The van der Waals surface area contributed by atoms with E-state index in [0.29, 0.717) is 31.9 Å². The zero-order valence-electron chi connectivity index (χ0n) is 21.9. The Labute approximate surface area is 257 Å². The molecule has 0 spiro atoms. The molecule has 2 aliphatic rings. The summed E-state index contributed by atoms with van der Waals surface area (Å²) in [6, 6.07) is 16.5. The van der Waals surface area contributed by atoms with Crippen LogP contribution in [0.5, 0.6) is 0 Å². The molecule has 2 aromatic carbocycles. The van der Waals surface area contributed by atoms with E-state index in [1.807, 2.05) is 17.5 Å². The molecule has 1 saturated heterocycles. The molecule has 0 unspecified atom stereocenters. The van der Waals surface area contributed by atoms with E-state index in [4.69, 9.17) is 16.3 Å². The van der Waals surface area contributed by atoms with Gasteiger partial charge in [0.25, 0.3) is 0 Å². The Bertz CT molecular complexity index is 1750. The fraction of sp³-hybridized carbons (Fsp3) is 0.207. The first-order valence-corrected chi connectivity index (χ1v) is 15.9. The lowest BCUT2D eigenvalue weighted by Crippen LogP contribution is -2.32. The van der Waals surface area contributed by atoms with E-state index < -0.39 is 29.0 Å². The first-order valence-electron chi connectivity index (χ1n) is 12.9. The van der Waals surface area contributed by atoms with Crippen molar-refractivity contribution in [2.45, 2.75) is 29.7 Å². The van der Waals surface area contributed by atoms with Crippen molar-refractivity contribution in [3.63, 3.8) is 0 Å². The van der Waals surface area contributed by atoms with Crippen LogP contribution in [-0.2, 0) is 25.7 Å². The number of benzene rings is 2. The number of nitrogens with one attached hydrogen (secondary N) is 1. The Balaban J connectivity index is 1.30. The molecule has 3 atom stereocenters. The second-order valence-corrected chi connectivity index (χ2v) is 13.1. The summed E-state index contributed by atoms with van der Waals surface area (Å²) in [5.41, 5.74) is 1.24. The highest BCUT2D eigenvalue weighted by atomic mass is 35.5. The third-order valence-electron chi connectivity index (χ3n) is 6.97. The topological polar surface area (TPSA) is 115 Å². The quantitative estimate of drug-likeness (QED) is 0.217. The van der Waals surface area contributed by atoms with Gasteiger partial charge < -0.3 is 10.1 Å². The molecule has 3 amide bonds. The number of carbonyl (C=O) groups excluding carboxylic acids is 4. The summed E-state index contributed by atoms with van der Waals surface area (Å²) in [7, 11) is 0. The SMILES string of the molecule is CCOC(=O)c1ccc(NC(=O)Cn2c3c(sc2=O)[C@@H](c2cccs2)[C@@H]2C(=O)N(c4ccc(Cl)cc4)C(=O)[C@@H]2S3)cc1. The van der Waals surface area contributed by atoms with E-state index in [0.717, 1.165) is 28.0 Å². The van der Waals surface area contributed by atoms with Crippen molar-refractivity contribution in [3.05, 3.63) is 96.1 Å². The van der Waals surface area contributed by atoms with Crippen LogP contribution in [0.2, 0.25) is 5.02 Å². The molecule has 1 N–H and O–H groups in total. The summed E-state index contributed by atoms with van der Waals surface area (Å²) in [5.74, 6) is -2.83. The van der Waals surface area contributed by atoms with Gasteiger partial charge in [-0.1, -0.05) is 40.8 Å². The molecule has 13 heteroatoms. The smallest absolute Gasteiger partial charge is 0.338 e. The number of amides is 3. The monoisotopic (exact) mass is 639 g/mol. The van der Waals surface area contributed by atoms with Gasteiger partial charge in [-0.15, -0.1) is 11.3 Å². The highest BCUT2D eigenvalue weighted by Gasteiger charge is 2.57. The van der Waals surface area contributed by atoms with E-state index in [-0.39, 0.29) is 29.8 Å². The Morgan fingerprint density at radius 2 is 1.74 bits per heavy atom. The number of thioether (sulfide) groups is 1. The number of thiophene rings is 1. The van der Waals surface area contributed by atoms with Gasteiger partial charge in [0.05, 0.1) is 28.8 Å². The summed E-state index contributed by atoms with van der Waals surface area (Å²) in [4.78, 5) is 68.1. The largest absolute Gasteiger partial charge is 0.462 e. The number of thiazole rings is 1. The molecule has 4 heterocycles. The number of halogens is 1. The maximum atomic E-state index is 13.8. The van der Waals surface area contributed by atoms with E-state index in [2.05, 4.69) is 5.32 Å². The van der Waals surface area contributed by atoms with Gasteiger partial charge in [-0.05, 0) is 66.9 Å². The average Bonchev–Trinajstić information content (AvgIpc) is 3.67. The lowest BCUT2D eigenvalue weighted by molar-refractivity contribution is -0.122. The molecule has 4 aromatic rings. The number of imide groups is 1. The average molecular weight is 640 g/mol. The molecule has 9 nitrogen and oxygen atoms in total. The van der Waals surface area contributed by atoms with Crippen LogP contribution in [-0.4, -0.2) is 40.1 Å². The molecule has 214 valence electrons. The highest BCUT2D eigenvalue weighted by Crippen LogP contribution is 2.54. The minimum Gasteiger partial charge on any atom is -0.462 e. The molecule has 0 aliphatic carbocycles. The number of hydrogen-bond acceptors (Lipinski definition) is 9. The van der Waals surface area contributed by atoms with E-state index in [9.17, 15) is 24.0 Å². The summed E-state index contributed by atoms with van der Waals surface area (Å²) in [6.07, 6.45) is 0. The molecule has 1 fully saturated rings. The van der Waals surface area contributed by atoms with Crippen molar-refractivity contribution in [2.24, 2.45) is 5.92 Å². The molecule has 2 aromatic heterocycles. The van der Waals surface area contributed by atoms with Gasteiger partial charge >= 0.3 is 10.8 Å². The third-order valence-corrected chi connectivity index (χ3v) is 10.8. The Kier molecular flexibility index (Phi) is 7.79. The van der Waals surface area contributed by atoms with Crippen LogP contribution in [0.1, 0.15) is 33.0 Å². The van der Waals surface area contributed by atoms with Crippen molar-refractivity contribution in [2.75, 3.05) is 16.8 Å². The number of ether oxygens (including phenoxy) is 1. The van der Waals surface area contributed by atoms with Gasteiger partial charge in [0, 0.05) is 26.4 Å². The maximum Gasteiger partial charge on any atom is 0.338 e. The van der Waals surface area contributed by atoms with Crippen LogP contribution in [0.25, 0.3) is 0 Å². The predicted octanol–water partition coefficient (Wildman–Crippen LogP) is 5.24. The van der Waals surface area contributed by atoms with Crippen LogP contribution in [0.4, 0.5) is 11.4 Å². The Hall–Kier alpha value is -3.71. The number of fused-ring (bicyclic) bond motifs is 2. The number of rotatable bonds is 7. The lowest BCUT2D eigenvalue weighted by atomic mass is 9.87. The molecule has 2 aliphatic heterocycles. The zero-order chi connectivity index (χ0) is 29.5. The molecular weight excluding hydrogens is 618 g/mol. The van der Waals surface area contributed by atoms with Crippen molar-refractivity contribution in [3.8, 4) is 0 Å². The van der Waals surface area contributed by atoms with E-state index >= 15 is 0 Å². The van der Waals surface area contributed by atoms with Crippen LogP contribution >= 0.6 is 46.0 Å². The molecular formula is C29H22ClN3O6S3. The number of aromatic nitrogens is 1. The molecule has 0 bridgehead atoms. The van der Waals surface area contributed by atoms with E-state index in [1.165, 1.54) is 20.8 Å². The molecule has 6 rings (SSSR count). The summed E-state index contributed by atoms with van der Waals surface area (Å²) in [6.45, 7) is 1.69. The van der Waals surface area contributed by atoms with Gasteiger partial charge in [0.1, 0.15) is 11.8 Å². The third kappa shape index (κ3) is 5.08. The van der Waals surface area contributed by atoms with Crippen molar-refractivity contribution < 1.29 is 23.9 Å². The normalized spacial score (nSPS) is 19.4. The lowest BCUT2D eigenvalue weighted by Gasteiger charge is -2.29. The molecule has 0 saturated carbocycles. The van der Waals surface area contributed by atoms with Crippen molar-refractivity contribution >= 4 is 81.1 Å². The van der Waals surface area contributed by atoms with Crippen LogP contribution in [0.3, 0.4) is 0 Å². The van der Waals surface area contributed by atoms with Gasteiger partial charge in [-0.2, -0.15) is 0 Å². The highest BCUT2D eigenvalue weighted by molar-refractivity contribution is 8.00. The Morgan fingerprint density at radius 3 is 2.40 bits per heavy atom. The predicted molar refractivity (Wildman–Crippen MR) is 163 cm³/mol. The first kappa shape index (κ1) is 28.4. The van der Waals surface area contributed by atoms with Gasteiger partial charge in [0.2, 0.25) is 17.7 Å². The van der Waals surface area contributed by atoms with Crippen LogP contribution in [0.15, 0.2) is 75.9 Å². The van der Waals surface area contributed by atoms with Crippen molar-refractivity contribution in [1.29, 1.82) is 0 Å². The second-order valence-electron chi connectivity index (χ2n) is 9.52. The minimum absolute atomic E-state index is 0.253. The van der Waals surface area contributed by atoms with E-state index in [1.54, 1.807) is 55.5 Å². The van der Waals surface area contributed by atoms with Crippen LogP contribution in [0, 0.1) is 5.92 Å². The first-order chi connectivity index (χ1) is 20.3. The number of hydrogen-bond donors (Lipinski definition) is 1. The fourth-order valence-corrected chi connectivity index (χ4v) is 8.97. The van der Waals surface area contributed by atoms with Gasteiger partial charge in [0.15, 0.2) is 0 Å². The van der Waals surface area contributed by atoms with Crippen LogP contribution < -0.4 is 15.1 Å². The number of carbonyl (C=O) groups is 4. The number of nitrogens with zero attached hydrogens (tertiary/aromatic N) is 2. The standard InChI is InChI=1S/C29H22ClN3O6S3/c1-2-39-28(37)15-5-9-17(10-6-15)31-20(34)14-32-27-24(42-29(32)38)21(19-4-3-13-40-19)22-23(41-27)26(36)33(25(22)35)18-11-7-16(30)8-12-18/h3-13,21-23H,2,14H2,1H3,(H,31,34)/t21-,22-,23+/m0/s1. The summed E-state index contributed by atoms with van der Waals surface area (Å²) in [5, 5.41) is 4.87. The molecule has 0 radical (unpaired) electrons. The van der Waals surface area contributed by atoms with Gasteiger partial charge in [-0.25, -0.2) is 9.69 Å². The molecule has 42 heavy (non-hydrogen) atoms. The Morgan fingerprint density at radius 1 is 1.00 bits per heavy atom. The second kappa shape index (κ2) is 11.5. The fourth-order valence-electron chi connectivity index (χ4n) is 5.12. The van der Waals surface area contributed by atoms with Gasteiger partial charge in [-0.3, -0.25) is 23.7 Å². The van der Waals surface area contributed by atoms with Crippen molar-refractivity contribution in [1.82, 2.24) is 4.57 Å². The summed E-state index contributed by atoms with van der Waals surface area (Å²) < 4.78 is 6.35. The maximum absolute atomic E-state index is 13.8. The number of esters is 1. The zero-order valence-corrected chi connectivity index (χ0v) is 25.1. The summed E-state index contributed by atoms with van der Waals surface area (Å²) >= 11 is 9.64. The number of anilines is 2. The minimum atomic E-state index is -0.772.